The van der Waals surface area contributed by atoms with Crippen molar-refractivity contribution in [1.82, 2.24) is 20.5 Å². The van der Waals surface area contributed by atoms with Crippen molar-refractivity contribution in [3.8, 4) is 5.75 Å². The third kappa shape index (κ3) is 3.55. The molecule has 2 rings (SSSR count). The average Bonchev–Trinajstić information content (AvgIpc) is 2.95. The van der Waals surface area contributed by atoms with Crippen molar-refractivity contribution in [3.05, 3.63) is 42.0 Å². The molecular formula is C13H17N5O2. The van der Waals surface area contributed by atoms with Gasteiger partial charge < -0.3 is 16.2 Å². The van der Waals surface area contributed by atoms with E-state index in [4.69, 9.17) is 5.73 Å². The fourth-order valence-corrected chi connectivity index (χ4v) is 1.79. The van der Waals surface area contributed by atoms with Crippen molar-refractivity contribution in [1.29, 1.82) is 0 Å². The molecule has 1 aromatic carbocycles. The first-order valence-corrected chi connectivity index (χ1v) is 6.25. The summed E-state index contributed by atoms with van der Waals surface area (Å²) in [4.78, 5) is 15.9. The van der Waals surface area contributed by atoms with Crippen LogP contribution in [0.1, 0.15) is 24.4 Å². The zero-order valence-corrected chi connectivity index (χ0v) is 11.1. The summed E-state index contributed by atoms with van der Waals surface area (Å²) < 4.78 is 0. The van der Waals surface area contributed by atoms with Gasteiger partial charge in [0.15, 0.2) is 0 Å². The number of aromatic nitrogens is 3. The van der Waals surface area contributed by atoms with Crippen LogP contribution in [0.15, 0.2) is 30.6 Å². The lowest BCUT2D eigenvalue weighted by Crippen LogP contribution is -2.43. The molecule has 1 heterocycles. The fourth-order valence-electron chi connectivity index (χ4n) is 1.79. The quantitative estimate of drug-likeness (QED) is 0.624. The molecule has 0 saturated heterocycles. The lowest BCUT2D eigenvalue weighted by Gasteiger charge is -2.16. The number of aromatic hydroxyl groups is 1. The van der Waals surface area contributed by atoms with Gasteiger partial charge in [0.1, 0.15) is 17.9 Å². The van der Waals surface area contributed by atoms with Gasteiger partial charge in [-0.1, -0.05) is 12.1 Å². The zero-order chi connectivity index (χ0) is 14.5. The predicted molar refractivity (Wildman–Crippen MR) is 72.7 cm³/mol. The van der Waals surface area contributed by atoms with Crippen molar-refractivity contribution in [3.63, 3.8) is 0 Å². The highest BCUT2D eigenvalue weighted by molar-refractivity contribution is 5.82. The molecule has 1 aromatic heterocycles. The number of carbonyl (C=O) groups excluding carboxylic acids is 1. The second kappa shape index (κ2) is 6.16. The highest BCUT2D eigenvalue weighted by Crippen LogP contribution is 2.11. The SMILES string of the molecule is CC(NC(=O)[C@H](N)Cc1ccc(O)cc1)c1ncn[nH]1. The maximum atomic E-state index is 12.0. The van der Waals surface area contributed by atoms with Crippen molar-refractivity contribution < 1.29 is 9.90 Å². The molecule has 0 aliphatic rings. The second-order valence-corrected chi connectivity index (χ2v) is 4.58. The summed E-state index contributed by atoms with van der Waals surface area (Å²) in [7, 11) is 0. The van der Waals surface area contributed by atoms with Gasteiger partial charge in [-0.15, -0.1) is 0 Å². The number of nitrogens with zero attached hydrogens (tertiary/aromatic N) is 2. The van der Waals surface area contributed by atoms with Crippen LogP contribution in [0.25, 0.3) is 0 Å². The van der Waals surface area contributed by atoms with Gasteiger partial charge in [0.05, 0.1) is 12.1 Å². The number of phenols is 1. The van der Waals surface area contributed by atoms with Crippen molar-refractivity contribution >= 4 is 5.91 Å². The molecule has 20 heavy (non-hydrogen) atoms. The van der Waals surface area contributed by atoms with Crippen LogP contribution in [0.3, 0.4) is 0 Å². The number of aromatic amines is 1. The molecular weight excluding hydrogens is 258 g/mol. The monoisotopic (exact) mass is 275 g/mol. The van der Waals surface area contributed by atoms with Crippen LogP contribution in [-0.4, -0.2) is 32.2 Å². The van der Waals surface area contributed by atoms with Crippen LogP contribution in [0, 0.1) is 0 Å². The molecule has 1 amide bonds. The minimum atomic E-state index is -0.662. The maximum absolute atomic E-state index is 12.0. The molecule has 7 heteroatoms. The number of rotatable bonds is 5. The van der Waals surface area contributed by atoms with E-state index >= 15 is 0 Å². The van der Waals surface area contributed by atoms with Crippen LogP contribution in [0.5, 0.6) is 5.75 Å². The van der Waals surface area contributed by atoms with E-state index in [-0.39, 0.29) is 17.7 Å². The van der Waals surface area contributed by atoms with Gasteiger partial charge in [0.2, 0.25) is 5.91 Å². The van der Waals surface area contributed by atoms with Crippen molar-refractivity contribution in [2.24, 2.45) is 5.73 Å². The highest BCUT2D eigenvalue weighted by atomic mass is 16.3. The molecule has 0 fully saturated rings. The normalized spacial score (nSPS) is 13.7. The molecule has 7 nitrogen and oxygen atoms in total. The Bertz CT molecular complexity index is 553. The Hall–Kier alpha value is -2.41. The lowest BCUT2D eigenvalue weighted by atomic mass is 10.1. The van der Waals surface area contributed by atoms with E-state index in [1.165, 1.54) is 6.33 Å². The Labute approximate surface area is 116 Å². The minimum Gasteiger partial charge on any atom is -0.508 e. The summed E-state index contributed by atoms with van der Waals surface area (Å²) in [5.41, 5.74) is 6.76. The first-order valence-electron chi connectivity index (χ1n) is 6.25. The van der Waals surface area contributed by atoms with Gasteiger partial charge in [-0.05, 0) is 31.0 Å². The number of H-pyrrole nitrogens is 1. The molecule has 5 N–H and O–H groups in total. The van der Waals surface area contributed by atoms with E-state index < -0.39 is 6.04 Å². The maximum Gasteiger partial charge on any atom is 0.237 e. The molecule has 0 bridgehead atoms. The molecule has 0 spiro atoms. The summed E-state index contributed by atoms with van der Waals surface area (Å²) in [6, 6.07) is 5.67. The van der Waals surface area contributed by atoms with Gasteiger partial charge in [0.25, 0.3) is 0 Å². The van der Waals surface area contributed by atoms with Gasteiger partial charge in [-0.25, -0.2) is 4.98 Å². The number of nitrogens with two attached hydrogens (primary N) is 1. The molecule has 106 valence electrons. The third-order valence-electron chi connectivity index (χ3n) is 2.93. The number of benzene rings is 1. The molecule has 0 radical (unpaired) electrons. The van der Waals surface area contributed by atoms with Crippen molar-refractivity contribution in [2.75, 3.05) is 0 Å². The van der Waals surface area contributed by atoms with Gasteiger partial charge in [0, 0.05) is 0 Å². The first kappa shape index (κ1) is 14.0. The average molecular weight is 275 g/mol. The number of amides is 1. The van der Waals surface area contributed by atoms with Gasteiger partial charge in [-0.3, -0.25) is 9.89 Å². The largest absolute Gasteiger partial charge is 0.508 e. The van der Waals surface area contributed by atoms with Gasteiger partial charge >= 0.3 is 0 Å². The Balaban J connectivity index is 1.90. The molecule has 1 unspecified atom stereocenters. The first-order chi connectivity index (χ1) is 9.56. The van der Waals surface area contributed by atoms with E-state index in [0.29, 0.717) is 12.2 Å². The molecule has 2 atom stereocenters. The summed E-state index contributed by atoms with van der Waals surface area (Å²) in [5, 5.41) is 18.4. The number of hydrogen-bond donors (Lipinski definition) is 4. The topological polar surface area (TPSA) is 117 Å². The van der Waals surface area contributed by atoms with Crippen LogP contribution >= 0.6 is 0 Å². The highest BCUT2D eigenvalue weighted by Gasteiger charge is 2.18. The molecule has 0 aliphatic heterocycles. The van der Waals surface area contributed by atoms with Crippen LogP contribution in [-0.2, 0) is 11.2 Å². The molecule has 0 saturated carbocycles. The summed E-state index contributed by atoms with van der Waals surface area (Å²) >= 11 is 0. The summed E-state index contributed by atoms with van der Waals surface area (Å²) in [6.07, 6.45) is 1.78. The number of hydrogen-bond acceptors (Lipinski definition) is 5. The smallest absolute Gasteiger partial charge is 0.237 e. The van der Waals surface area contributed by atoms with E-state index in [9.17, 15) is 9.90 Å². The van der Waals surface area contributed by atoms with Crippen LogP contribution in [0.2, 0.25) is 0 Å². The second-order valence-electron chi connectivity index (χ2n) is 4.58. The Morgan fingerprint density at radius 3 is 2.75 bits per heavy atom. The fraction of sp³-hybridized carbons (Fsp3) is 0.308. The van der Waals surface area contributed by atoms with Crippen LogP contribution in [0.4, 0.5) is 0 Å². The minimum absolute atomic E-state index is 0.186. The zero-order valence-electron chi connectivity index (χ0n) is 11.1. The van der Waals surface area contributed by atoms with Crippen LogP contribution < -0.4 is 11.1 Å². The number of phenolic OH excluding ortho intramolecular Hbond substituents is 1. The van der Waals surface area contributed by atoms with Gasteiger partial charge in [-0.2, -0.15) is 5.10 Å². The number of carbonyl (C=O) groups is 1. The third-order valence-corrected chi connectivity index (χ3v) is 2.93. The standard InChI is InChI=1S/C13H17N5O2/c1-8(12-15-7-16-18-12)17-13(20)11(14)6-9-2-4-10(19)5-3-9/h2-5,7-8,11,19H,6,14H2,1H3,(H,17,20)(H,15,16,18)/t8?,11-/m1/s1. The predicted octanol–water partition coefficient (Wildman–Crippen LogP) is 0.257. The molecule has 0 aliphatic carbocycles. The van der Waals surface area contributed by atoms with E-state index in [2.05, 4.69) is 20.5 Å². The summed E-state index contributed by atoms with van der Waals surface area (Å²) in [5.74, 6) is 0.503. The lowest BCUT2D eigenvalue weighted by molar-refractivity contribution is -0.123. The Morgan fingerprint density at radius 1 is 1.45 bits per heavy atom. The van der Waals surface area contributed by atoms with E-state index in [1.807, 2.05) is 0 Å². The Kier molecular flexibility index (Phi) is 4.31. The van der Waals surface area contributed by atoms with E-state index in [0.717, 1.165) is 5.56 Å². The van der Waals surface area contributed by atoms with E-state index in [1.54, 1.807) is 31.2 Å². The number of nitrogens with one attached hydrogen (secondary N) is 2. The summed E-state index contributed by atoms with van der Waals surface area (Å²) in [6.45, 7) is 1.80. The van der Waals surface area contributed by atoms with Crippen molar-refractivity contribution in [2.45, 2.75) is 25.4 Å². The Morgan fingerprint density at radius 2 is 2.15 bits per heavy atom. The molecule has 2 aromatic rings.